The van der Waals surface area contributed by atoms with Crippen molar-refractivity contribution in [3.05, 3.63) is 62.5 Å². The maximum atomic E-state index is 12.5. The first-order chi connectivity index (χ1) is 12.6. The summed E-state index contributed by atoms with van der Waals surface area (Å²) in [5.74, 6) is -0.564. The SMILES string of the molecule is O=C(NC(NC(=S)Nc1cccc(Br)c1)C(Cl)(Cl)Cl)c1ccc(Cl)cc1Cl. The van der Waals surface area contributed by atoms with E-state index >= 15 is 0 Å². The Morgan fingerprint density at radius 3 is 2.37 bits per heavy atom. The van der Waals surface area contributed by atoms with Crippen molar-refractivity contribution in [3.63, 3.8) is 0 Å². The Balaban J connectivity index is 2.11. The monoisotopic (exact) mass is 547 g/mol. The Morgan fingerprint density at radius 1 is 1.07 bits per heavy atom. The van der Waals surface area contributed by atoms with Gasteiger partial charge in [-0.15, -0.1) is 0 Å². The van der Waals surface area contributed by atoms with Crippen LogP contribution in [0.25, 0.3) is 0 Å². The molecule has 1 amide bonds. The largest absolute Gasteiger partial charge is 0.339 e. The molecule has 3 N–H and O–H groups in total. The van der Waals surface area contributed by atoms with Gasteiger partial charge in [0.25, 0.3) is 5.91 Å². The lowest BCUT2D eigenvalue weighted by atomic mass is 10.2. The second kappa shape index (κ2) is 9.83. The van der Waals surface area contributed by atoms with Crippen molar-refractivity contribution in [2.75, 3.05) is 5.32 Å². The van der Waals surface area contributed by atoms with Crippen molar-refractivity contribution in [1.82, 2.24) is 10.6 Å². The molecule has 0 aliphatic rings. The van der Waals surface area contributed by atoms with Crippen LogP contribution in [-0.2, 0) is 0 Å². The summed E-state index contributed by atoms with van der Waals surface area (Å²) in [6.45, 7) is 0. The van der Waals surface area contributed by atoms with Crippen molar-refractivity contribution in [1.29, 1.82) is 0 Å². The van der Waals surface area contributed by atoms with Crippen LogP contribution in [0.3, 0.4) is 0 Å². The van der Waals surface area contributed by atoms with Gasteiger partial charge in [-0.1, -0.05) is 80.0 Å². The average molecular weight is 551 g/mol. The highest BCUT2D eigenvalue weighted by Crippen LogP contribution is 2.30. The Labute approximate surface area is 195 Å². The highest BCUT2D eigenvalue weighted by molar-refractivity contribution is 9.10. The van der Waals surface area contributed by atoms with E-state index < -0.39 is 15.9 Å². The van der Waals surface area contributed by atoms with E-state index in [2.05, 4.69) is 31.9 Å². The molecule has 4 nitrogen and oxygen atoms in total. The van der Waals surface area contributed by atoms with Gasteiger partial charge in [-0.3, -0.25) is 4.79 Å². The molecule has 0 fully saturated rings. The molecule has 2 aromatic rings. The Morgan fingerprint density at radius 2 is 1.78 bits per heavy atom. The van der Waals surface area contributed by atoms with E-state index in [1.54, 1.807) is 6.07 Å². The molecule has 27 heavy (non-hydrogen) atoms. The van der Waals surface area contributed by atoms with Gasteiger partial charge in [0, 0.05) is 15.2 Å². The van der Waals surface area contributed by atoms with Crippen LogP contribution < -0.4 is 16.0 Å². The molecule has 0 saturated heterocycles. The third-order valence-corrected chi connectivity index (χ3v) is 5.05. The van der Waals surface area contributed by atoms with Gasteiger partial charge in [-0.2, -0.15) is 0 Å². The van der Waals surface area contributed by atoms with Gasteiger partial charge in [0.15, 0.2) is 5.11 Å². The molecular formula is C16H11BrCl5N3OS. The van der Waals surface area contributed by atoms with E-state index in [-0.39, 0.29) is 15.7 Å². The molecular weight excluding hydrogens is 539 g/mol. The second-order valence-corrected chi connectivity index (χ2v) is 9.72. The number of alkyl halides is 3. The Kier molecular flexibility index (Phi) is 8.31. The first-order valence-electron chi connectivity index (χ1n) is 7.22. The standard InChI is InChI=1S/C16H11BrCl5N3OS/c17-8-2-1-3-10(6-8)23-15(27)25-14(16(20,21)22)24-13(26)11-5-4-9(18)7-12(11)19/h1-7,14H,(H,24,26)(H2,23,25,27). The molecule has 2 aromatic carbocycles. The van der Waals surface area contributed by atoms with Crippen molar-refractivity contribution < 1.29 is 4.79 Å². The van der Waals surface area contributed by atoms with Crippen LogP contribution in [0.4, 0.5) is 5.69 Å². The number of carbonyl (C=O) groups excluding carboxylic acids is 1. The fraction of sp³-hybridized carbons (Fsp3) is 0.125. The molecule has 1 atom stereocenters. The summed E-state index contributed by atoms with van der Waals surface area (Å²) in [4.78, 5) is 12.5. The molecule has 0 aliphatic carbocycles. The van der Waals surface area contributed by atoms with Gasteiger partial charge in [0.1, 0.15) is 6.17 Å². The number of rotatable bonds is 4. The summed E-state index contributed by atoms with van der Waals surface area (Å²) < 4.78 is -1.03. The lowest BCUT2D eigenvalue weighted by Crippen LogP contribution is -2.56. The third kappa shape index (κ3) is 7.13. The molecule has 11 heteroatoms. The number of hydrogen-bond donors (Lipinski definition) is 3. The zero-order valence-corrected chi connectivity index (χ0v) is 19.4. The van der Waals surface area contributed by atoms with E-state index in [9.17, 15) is 4.79 Å². The predicted octanol–water partition coefficient (Wildman–Crippen LogP) is 6.17. The summed E-state index contributed by atoms with van der Waals surface area (Å²) >= 11 is 38.4. The molecule has 0 heterocycles. The minimum absolute atomic E-state index is 0.145. The molecule has 0 aliphatic heterocycles. The van der Waals surface area contributed by atoms with E-state index in [0.29, 0.717) is 10.7 Å². The van der Waals surface area contributed by atoms with E-state index in [1.807, 2.05) is 18.2 Å². The van der Waals surface area contributed by atoms with Crippen molar-refractivity contribution in [2.24, 2.45) is 0 Å². The molecule has 0 bridgehead atoms. The molecule has 0 aromatic heterocycles. The van der Waals surface area contributed by atoms with Crippen molar-refractivity contribution in [2.45, 2.75) is 9.96 Å². The zero-order valence-electron chi connectivity index (χ0n) is 13.2. The quantitative estimate of drug-likeness (QED) is 0.242. The van der Waals surface area contributed by atoms with Crippen molar-refractivity contribution in [3.8, 4) is 0 Å². The number of hydrogen-bond acceptors (Lipinski definition) is 2. The summed E-state index contributed by atoms with van der Waals surface area (Å²) in [5.41, 5.74) is 0.880. The molecule has 0 saturated carbocycles. The highest BCUT2D eigenvalue weighted by atomic mass is 79.9. The highest BCUT2D eigenvalue weighted by Gasteiger charge is 2.35. The van der Waals surface area contributed by atoms with Crippen molar-refractivity contribution >= 4 is 103 Å². The second-order valence-electron chi connectivity index (χ2n) is 5.18. The number of halogens is 6. The summed E-state index contributed by atoms with van der Waals surface area (Å²) in [7, 11) is 0. The van der Waals surface area contributed by atoms with Crippen LogP contribution in [0.1, 0.15) is 10.4 Å². The van der Waals surface area contributed by atoms with Gasteiger partial charge in [0.2, 0.25) is 3.79 Å². The molecule has 2 rings (SSSR count). The smallest absolute Gasteiger partial charge is 0.254 e. The first kappa shape index (κ1) is 22.8. The van der Waals surface area contributed by atoms with Gasteiger partial charge in [0.05, 0.1) is 10.6 Å². The lowest BCUT2D eigenvalue weighted by molar-refractivity contribution is 0.0934. The van der Waals surface area contributed by atoms with Gasteiger partial charge < -0.3 is 16.0 Å². The normalized spacial score (nSPS) is 12.2. The Bertz CT molecular complexity index is 862. The number of nitrogens with one attached hydrogen (secondary N) is 3. The van der Waals surface area contributed by atoms with Crippen LogP contribution in [0.2, 0.25) is 10.0 Å². The maximum absolute atomic E-state index is 12.5. The fourth-order valence-corrected chi connectivity index (χ4v) is 3.40. The summed E-state index contributed by atoms with van der Waals surface area (Å²) in [6, 6.07) is 11.7. The van der Waals surface area contributed by atoms with Gasteiger partial charge in [-0.25, -0.2) is 0 Å². The third-order valence-electron chi connectivity index (χ3n) is 3.14. The van der Waals surface area contributed by atoms with Crippen LogP contribution >= 0.6 is 86.2 Å². The zero-order chi connectivity index (χ0) is 20.2. The van der Waals surface area contributed by atoms with E-state index in [1.165, 1.54) is 18.2 Å². The molecule has 0 spiro atoms. The predicted molar refractivity (Wildman–Crippen MR) is 122 cm³/mol. The van der Waals surface area contributed by atoms with Crippen LogP contribution in [-0.4, -0.2) is 21.0 Å². The average Bonchev–Trinajstić information content (AvgIpc) is 2.53. The fourth-order valence-electron chi connectivity index (χ4n) is 1.95. The molecule has 0 radical (unpaired) electrons. The van der Waals surface area contributed by atoms with E-state index in [0.717, 1.165) is 4.47 Å². The van der Waals surface area contributed by atoms with Crippen LogP contribution in [0.5, 0.6) is 0 Å². The number of benzene rings is 2. The number of amides is 1. The minimum Gasteiger partial charge on any atom is -0.339 e. The van der Waals surface area contributed by atoms with Crippen LogP contribution in [0, 0.1) is 0 Å². The summed E-state index contributed by atoms with van der Waals surface area (Å²) in [6.07, 6.45) is -1.13. The molecule has 144 valence electrons. The van der Waals surface area contributed by atoms with Gasteiger partial charge in [-0.05, 0) is 48.6 Å². The Hall–Kier alpha value is -0.470. The minimum atomic E-state index is -1.89. The molecule has 1 unspecified atom stereocenters. The number of carbonyl (C=O) groups is 1. The topological polar surface area (TPSA) is 53.2 Å². The van der Waals surface area contributed by atoms with E-state index in [4.69, 9.17) is 70.2 Å². The van der Waals surface area contributed by atoms with Crippen LogP contribution in [0.15, 0.2) is 46.9 Å². The maximum Gasteiger partial charge on any atom is 0.254 e. The number of thiocarbonyl (C=S) groups is 1. The first-order valence-corrected chi connectivity index (χ1v) is 10.3. The number of anilines is 1. The summed E-state index contributed by atoms with van der Waals surface area (Å²) in [5, 5.41) is 8.96. The lowest BCUT2D eigenvalue weighted by Gasteiger charge is -2.28. The van der Waals surface area contributed by atoms with Gasteiger partial charge >= 0.3 is 0 Å².